The van der Waals surface area contributed by atoms with E-state index < -0.39 is 35.0 Å². The van der Waals surface area contributed by atoms with Gasteiger partial charge in [0, 0.05) is 11.6 Å². The van der Waals surface area contributed by atoms with Gasteiger partial charge in [0.25, 0.3) is 0 Å². The second-order valence-electron chi connectivity index (χ2n) is 2.98. The predicted octanol–water partition coefficient (Wildman–Crippen LogP) is 1.27. The van der Waals surface area contributed by atoms with Gasteiger partial charge < -0.3 is 14.9 Å². The first-order valence-electron chi connectivity index (χ1n) is 4.50. The van der Waals surface area contributed by atoms with Crippen LogP contribution in [0, 0.1) is 11.6 Å². The van der Waals surface area contributed by atoms with Gasteiger partial charge in [-0.15, -0.1) is 0 Å². The third-order valence-corrected chi connectivity index (χ3v) is 1.87. The Kier molecular flexibility index (Phi) is 3.78. The van der Waals surface area contributed by atoms with E-state index >= 15 is 0 Å². The molecule has 0 radical (unpaired) electrons. The van der Waals surface area contributed by atoms with Crippen LogP contribution >= 0.6 is 0 Å². The van der Waals surface area contributed by atoms with Crippen LogP contribution in [-0.4, -0.2) is 22.8 Å². The first-order valence-corrected chi connectivity index (χ1v) is 4.50. The van der Waals surface area contributed by atoms with Crippen molar-refractivity contribution in [2.45, 2.75) is 13.0 Å². The number of hydrogen-bond acceptors (Lipinski definition) is 4. The van der Waals surface area contributed by atoms with Crippen LogP contribution in [0.1, 0.15) is 18.6 Å². The molecule has 1 rings (SSSR count). The third-order valence-electron chi connectivity index (χ3n) is 1.87. The van der Waals surface area contributed by atoms with E-state index in [1.807, 2.05) is 0 Å². The maximum absolute atomic E-state index is 13.2. The summed E-state index contributed by atoms with van der Waals surface area (Å²) in [6.45, 7) is 1.54. The standard InChI is InChI=1S/C10H10F2O4/c1-2-16-10(15)9(14)5-3-8(13)7(12)4-6(5)11/h3-4,9,13-14H,2H2,1H3. The highest BCUT2D eigenvalue weighted by molar-refractivity contribution is 5.76. The van der Waals surface area contributed by atoms with Gasteiger partial charge in [0.1, 0.15) is 5.82 Å². The van der Waals surface area contributed by atoms with Crippen molar-refractivity contribution in [1.82, 2.24) is 0 Å². The summed E-state index contributed by atoms with van der Waals surface area (Å²) in [5, 5.41) is 18.3. The van der Waals surface area contributed by atoms with E-state index in [-0.39, 0.29) is 6.61 Å². The summed E-state index contributed by atoms with van der Waals surface area (Å²) in [6, 6.07) is 1.03. The van der Waals surface area contributed by atoms with Gasteiger partial charge in [-0.25, -0.2) is 13.6 Å². The fourth-order valence-corrected chi connectivity index (χ4v) is 1.11. The predicted molar refractivity (Wildman–Crippen MR) is 49.6 cm³/mol. The summed E-state index contributed by atoms with van der Waals surface area (Å²) >= 11 is 0. The molecule has 0 saturated heterocycles. The van der Waals surface area contributed by atoms with Gasteiger partial charge in [0.05, 0.1) is 6.61 Å². The van der Waals surface area contributed by atoms with E-state index in [1.54, 1.807) is 0 Å². The Morgan fingerprint density at radius 1 is 1.44 bits per heavy atom. The molecule has 0 aliphatic rings. The number of carbonyl (C=O) groups is 1. The summed E-state index contributed by atoms with van der Waals surface area (Å²) in [7, 11) is 0. The van der Waals surface area contributed by atoms with Gasteiger partial charge in [0.2, 0.25) is 0 Å². The van der Waals surface area contributed by atoms with Crippen molar-refractivity contribution in [3.63, 3.8) is 0 Å². The average Bonchev–Trinajstić information content (AvgIpc) is 2.23. The van der Waals surface area contributed by atoms with Crippen LogP contribution in [0.15, 0.2) is 12.1 Å². The Bertz CT molecular complexity index is 406. The molecule has 0 amide bonds. The van der Waals surface area contributed by atoms with Crippen LogP contribution in [0.3, 0.4) is 0 Å². The summed E-state index contributed by atoms with van der Waals surface area (Å²) in [5.41, 5.74) is -0.530. The highest BCUT2D eigenvalue weighted by Gasteiger charge is 2.23. The molecule has 0 saturated carbocycles. The molecule has 0 aromatic heterocycles. The van der Waals surface area contributed by atoms with Crippen LogP contribution in [0.4, 0.5) is 8.78 Å². The Balaban J connectivity index is 3.04. The van der Waals surface area contributed by atoms with E-state index in [0.29, 0.717) is 12.1 Å². The highest BCUT2D eigenvalue weighted by Crippen LogP contribution is 2.25. The van der Waals surface area contributed by atoms with Gasteiger partial charge >= 0.3 is 5.97 Å². The largest absolute Gasteiger partial charge is 0.505 e. The smallest absolute Gasteiger partial charge is 0.339 e. The van der Waals surface area contributed by atoms with Gasteiger partial charge in [-0.2, -0.15) is 0 Å². The van der Waals surface area contributed by atoms with E-state index in [4.69, 9.17) is 5.11 Å². The number of rotatable bonds is 3. The molecule has 0 aliphatic carbocycles. The molecule has 16 heavy (non-hydrogen) atoms. The van der Waals surface area contributed by atoms with Crippen molar-refractivity contribution in [2.24, 2.45) is 0 Å². The lowest BCUT2D eigenvalue weighted by Crippen LogP contribution is -2.16. The number of aliphatic hydroxyl groups excluding tert-OH is 1. The van der Waals surface area contributed by atoms with E-state index in [0.717, 1.165) is 0 Å². The van der Waals surface area contributed by atoms with Crippen molar-refractivity contribution in [2.75, 3.05) is 6.61 Å². The molecule has 0 aliphatic heterocycles. The van der Waals surface area contributed by atoms with Gasteiger partial charge in [-0.3, -0.25) is 0 Å². The number of phenolic OH excluding ortho intramolecular Hbond substituents is 1. The third kappa shape index (κ3) is 2.46. The summed E-state index contributed by atoms with van der Waals surface area (Å²) in [4.78, 5) is 11.1. The number of halogens is 2. The zero-order valence-corrected chi connectivity index (χ0v) is 8.41. The van der Waals surface area contributed by atoms with Crippen molar-refractivity contribution in [3.05, 3.63) is 29.3 Å². The molecular weight excluding hydrogens is 222 g/mol. The Hall–Kier alpha value is -1.69. The minimum absolute atomic E-state index is 0.0185. The monoisotopic (exact) mass is 232 g/mol. The van der Waals surface area contributed by atoms with Crippen LogP contribution in [0.5, 0.6) is 5.75 Å². The van der Waals surface area contributed by atoms with Gasteiger partial charge in [0.15, 0.2) is 17.7 Å². The topological polar surface area (TPSA) is 66.8 Å². The van der Waals surface area contributed by atoms with Crippen molar-refractivity contribution in [3.8, 4) is 5.75 Å². The Labute approximate surface area is 90.1 Å². The molecule has 2 N–H and O–H groups in total. The molecule has 0 heterocycles. The molecule has 1 unspecified atom stereocenters. The number of phenols is 1. The fraction of sp³-hybridized carbons (Fsp3) is 0.300. The minimum Gasteiger partial charge on any atom is -0.505 e. The van der Waals surface area contributed by atoms with Crippen LogP contribution in [-0.2, 0) is 9.53 Å². The van der Waals surface area contributed by atoms with Crippen molar-refractivity contribution >= 4 is 5.97 Å². The van der Waals surface area contributed by atoms with E-state index in [9.17, 15) is 18.7 Å². The van der Waals surface area contributed by atoms with Crippen LogP contribution < -0.4 is 0 Å². The maximum atomic E-state index is 13.2. The summed E-state index contributed by atoms with van der Waals surface area (Å²) in [5.74, 6) is -4.21. The molecule has 4 nitrogen and oxygen atoms in total. The molecule has 88 valence electrons. The Morgan fingerprint density at radius 2 is 2.06 bits per heavy atom. The number of aliphatic hydroxyl groups is 1. The Morgan fingerprint density at radius 3 is 2.62 bits per heavy atom. The molecule has 1 aromatic rings. The number of esters is 1. The molecule has 1 atom stereocenters. The molecule has 0 bridgehead atoms. The SMILES string of the molecule is CCOC(=O)C(O)c1cc(O)c(F)cc1F. The normalized spacial score (nSPS) is 12.2. The quantitative estimate of drug-likeness (QED) is 0.770. The second kappa shape index (κ2) is 4.89. The minimum atomic E-state index is -1.88. The molecular formula is C10H10F2O4. The highest BCUT2D eigenvalue weighted by atomic mass is 19.1. The number of aromatic hydroxyl groups is 1. The zero-order chi connectivity index (χ0) is 12.3. The lowest BCUT2D eigenvalue weighted by atomic mass is 10.1. The van der Waals surface area contributed by atoms with E-state index in [2.05, 4.69) is 4.74 Å². The number of ether oxygens (including phenoxy) is 1. The first-order chi connectivity index (χ1) is 7.47. The number of carbonyl (C=O) groups excluding carboxylic acids is 1. The molecule has 6 heteroatoms. The van der Waals surface area contributed by atoms with Gasteiger partial charge in [-0.05, 0) is 13.0 Å². The number of hydrogen-bond donors (Lipinski definition) is 2. The number of benzene rings is 1. The summed E-state index contributed by atoms with van der Waals surface area (Å²) < 4.78 is 30.3. The average molecular weight is 232 g/mol. The van der Waals surface area contributed by atoms with E-state index in [1.165, 1.54) is 6.92 Å². The molecule has 0 spiro atoms. The summed E-state index contributed by atoms with van der Waals surface area (Å²) in [6.07, 6.45) is -1.88. The van der Waals surface area contributed by atoms with Crippen molar-refractivity contribution in [1.29, 1.82) is 0 Å². The van der Waals surface area contributed by atoms with Crippen molar-refractivity contribution < 1.29 is 28.5 Å². The second-order valence-corrected chi connectivity index (χ2v) is 2.98. The van der Waals surface area contributed by atoms with Crippen LogP contribution in [0.2, 0.25) is 0 Å². The maximum Gasteiger partial charge on any atom is 0.339 e. The van der Waals surface area contributed by atoms with Crippen LogP contribution in [0.25, 0.3) is 0 Å². The van der Waals surface area contributed by atoms with Gasteiger partial charge in [-0.1, -0.05) is 0 Å². The fourth-order valence-electron chi connectivity index (χ4n) is 1.11. The first kappa shape index (κ1) is 12.4. The zero-order valence-electron chi connectivity index (χ0n) is 8.41. The molecule has 1 aromatic carbocycles. The lowest BCUT2D eigenvalue weighted by Gasteiger charge is -2.11. The lowest BCUT2D eigenvalue weighted by molar-refractivity contribution is -0.153. The molecule has 0 fully saturated rings.